The lowest BCUT2D eigenvalue weighted by molar-refractivity contribution is 0.122. The van der Waals surface area contributed by atoms with Crippen molar-refractivity contribution in [2.75, 3.05) is 49.6 Å². The number of anilines is 2. The van der Waals surface area contributed by atoms with Gasteiger partial charge in [0.2, 0.25) is 0 Å². The summed E-state index contributed by atoms with van der Waals surface area (Å²) in [5.41, 5.74) is 4.65. The van der Waals surface area contributed by atoms with Gasteiger partial charge in [0, 0.05) is 41.8 Å². The smallest absolute Gasteiger partial charge is 0.261 e. The van der Waals surface area contributed by atoms with Gasteiger partial charge in [0.25, 0.3) is 5.56 Å². The molecule has 8 nitrogen and oxygen atoms in total. The molecule has 2 aliphatic heterocycles. The van der Waals surface area contributed by atoms with E-state index in [0.717, 1.165) is 79.1 Å². The SMILES string of the molecule is O=c1[nH]c2ccc(Cl)cc2c(NC2CCNC2)c1-c1nc2ccc(N3CCOCC3)cc2[nH]1. The second kappa shape index (κ2) is 8.37. The Morgan fingerprint density at radius 2 is 1.97 bits per heavy atom. The lowest BCUT2D eigenvalue weighted by Crippen LogP contribution is -2.36. The molecule has 0 aliphatic carbocycles. The summed E-state index contributed by atoms with van der Waals surface area (Å²) in [4.78, 5) is 26.8. The quantitative estimate of drug-likeness (QED) is 0.370. The summed E-state index contributed by atoms with van der Waals surface area (Å²) in [6.45, 7) is 4.97. The van der Waals surface area contributed by atoms with E-state index in [4.69, 9.17) is 21.3 Å². The molecule has 9 heteroatoms. The van der Waals surface area contributed by atoms with Crippen molar-refractivity contribution in [3.8, 4) is 11.4 Å². The molecule has 1 atom stereocenters. The number of rotatable bonds is 4. The van der Waals surface area contributed by atoms with Crippen LogP contribution in [-0.4, -0.2) is 60.4 Å². The van der Waals surface area contributed by atoms with Crippen LogP contribution in [0.15, 0.2) is 41.2 Å². The molecular formula is C24H25ClN6O2. The second-order valence-electron chi connectivity index (χ2n) is 8.61. The van der Waals surface area contributed by atoms with Crippen LogP contribution in [0.4, 0.5) is 11.4 Å². The van der Waals surface area contributed by atoms with Gasteiger partial charge in [-0.25, -0.2) is 4.98 Å². The largest absolute Gasteiger partial charge is 0.380 e. The number of fused-ring (bicyclic) bond motifs is 2. The third-order valence-electron chi connectivity index (χ3n) is 6.46. The van der Waals surface area contributed by atoms with Crippen molar-refractivity contribution >= 4 is 44.9 Å². The number of H-pyrrole nitrogens is 2. The Bertz CT molecular complexity index is 1390. The number of ether oxygens (including phenoxy) is 1. The minimum absolute atomic E-state index is 0.189. The number of aromatic nitrogens is 3. The summed E-state index contributed by atoms with van der Waals surface area (Å²) in [7, 11) is 0. The molecule has 4 aromatic rings. The highest BCUT2D eigenvalue weighted by Gasteiger charge is 2.23. The average molecular weight is 465 g/mol. The lowest BCUT2D eigenvalue weighted by Gasteiger charge is -2.28. The molecule has 4 heterocycles. The Labute approximate surface area is 195 Å². The second-order valence-corrected chi connectivity index (χ2v) is 9.05. The molecule has 0 saturated carbocycles. The number of pyridine rings is 1. The fourth-order valence-corrected chi connectivity index (χ4v) is 4.93. The van der Waals surface area contributed by atoms with E-state index in [9.17, 15) is 4.79 Å². The molecule has 170 valence electrons. The Kier molecular flexibility index (Phi) is 5.21. The van der Waals surface area contributed by atoms with Gasteiger partial charge in [-0.2, -0.15) is 0 Å². The minimum atomic E-state index is -0.189. The van der Waals surface area contributed by atoms with Gasteiger partial charge < -0.3 is 30.2 Å². The number of morpholine rings is 1. The molecule has 0 spiro atoms. The molecule has 1 unspecified atom stereocenters. The summed E-state index contributed by atoms with van der Waals surface area (Å²) in [5.74, 6) is 0.542. The van der Waals surface area contributed by atoms with E-state index in [-0.39, 0.29) is 11.6 Å². The van der Waals surface area contributed by atoms with E-state index in [1.54, 1.807) is 6.07 Å². The summed E-state index contributed by atoms with van der Waals surface area (Å²) in [6.07, 6.45) is 0.983. The Hall–Kier alpha value is -3.07. The maximum atomic E-state index is 13.3. The molecule has 0 amide bonds. The van der Waals surface area contributed by atoms with E-state index in [0.29, 0.717) is 16.4 Å². The zero-order chi connectivity index (χ0) is 22.4. The van der Waals surface area contributed by atoms with Crippen molar-refractivity contribution < 1.29 is 4.74 Å². The normalized spacial score (nSPS) is 18.9. The number of nitrogens with one attached hydrogen (secondary N) is 4. The van der Waals surface area contributed by atoms with Crippen LogP contribution < -0.4 is 21.1 Å². The van der Waals surface area contributed by atoms with Gasteiger partial charge in [0.15, 0.2) is 0 Å². The van der Waals surface area contributed by atoms with Crippen molar-refractivity contribution in [2.24, 2.45) is 0 Å². The van der Waals surface area contributed by atoms with Crippen LogP contribution in [-0.2, 0) is 4.74 Å². The predicted octanol–water partition coefficient (Wildman–Crippen LogP) is 3.34. The highest BCUT2D eigenvalue weighted by molar-refractivity contribution is 6.31. The summed E-state index contributed by atoms with van der Waals surface area (Å²) < 4.78 is 5.47. The van der Waals surface area contributed by atoms with Crippen molar-refractivity contribution in [2.45, 2.75) is 12.5 Å². The van der Waals surface area contributed by atoms with Crippen LogP contribution in [0.1, 0.15) is 6.42 Å². The molecule has 0 radical (unpaired) electrons. The Balaban J connectivity index is 1.49. The van der Waals surface area contributed by atoms with E-state index in [1.807, 2.05) is 18.2 Å². The summed E-state index contributed by atoms with van der Waals surface area (Å²) in [6, 6.07) is 11.9. The van der Waals surface area contributed by atoms with Gasteiger partial charge in [-0.15, -0.1) is 0 Å². The maximum Gasteiger partial charge on any atom is 0.261 e. The van der Waals surface area contributed by atoms with E-state index < -0.39 is 0 Å². The van der Waals surface area contributed by atoms with Crippen LogP contribution >= 0.6 is 11.6 Å². The Morgan fingerprint density at radius 3 is 2.79 bits per heavy atom. The molecule has 2 fully saturated rings. The highest BCUT2D eigenvalue weighted by Crippen LogP contribution is 2.34. The molecule has 0 bridgehead atoms. The number of imidazole rings is 1. The van der Waals surface area contributed by atoms with E-state index in [2.05, 4.69) is 37.6 Å². The van der Waals surface area contributed by atoms with Gasteiger partial charge in [0.1, 0.15) is 11.4 Å². The summed E-state index contributed by atoms with van der Waals surface area (Å²) >= 11 is 6.33. The minimum Gasteiger partial charge on any atom is -0.380 e. The number of hydrogen-bond acceptors (Lipinski definition) is 6. The van der Waals surface area contributed by atoms with Crippen LogP contribution in [0.3, 0.4) is 0 Å². The summed E-state index contributed by atoms with van der Waals surface area (Å²) in [5, 5.41) is 8.47. The van der Waals surface area contributed by atoms with Crippen molar-refractivity contribution in [3.05, 3.63) is 51.8 Å². The van der Waals surface area contributed by atoms with Gasteiger partial charge in [-0.3, -0.25) is 4.79 Å². The van der Waals surface area contributed by atoms with Crippen molar-refractivity contribution in [3.63, 3.8) is 0 Å². The fourth-order valence-electron chi connectivity index (χ4n) is 4.76. The van der Waals surface area contributed by atoms with Crippen LogP contribution in [0, 0.1) is 0 Å². The maximum absolute atomic E-state index is 13.3. The number of nitrogens with zero attached hydrogens (tertiary/aromatic N) is 2. The van der Waals surface area contributed by atoms with Gasteiger partial charge in [-0.05, 0) is 49.4 Å². The first-order chi connectivity index (χ1) is 16.2. The number of aromatic amines is 2. The zero-order valence-corrected chi connectivity index (χ0v) is 18.8. The molecule has 2 aromatic carbocycles. The third kappa shape index (κ3) is 3.84. The first-order valence-electron chi connectivity index (χ1n) is 11.3. The van der Waals surface area contributed by atoms with Crippen LogP contribution in [0.2, 0.25) is 5.02 Å². The molecular weight excluding hydrogens is 440 g/mol. The average Bonchev–Trinajstić information content (AvgIpc) is 3.49. The van der Waals surface area contributed by atoms with E-state index in [1.165, 1.54) is 0 Å². The standard InChI is InChI=1S/C24H25ClN6O2/c25-14-1-3-18-17(11-14)22(27-15-5-6-26-13-15)21(24(32)30-18)23-28-19-4-2-16(12-20(19)29-23)31-7-9-33-10-8-31/h1-4,11-12,15,26H,5-10,13H2,(H,28,29)(H2,27,30,32). The molecule has 2 aromatic heterocycles. The lowest BCUT2D eigenvalue weighted by atomic mass is 10.1. The van der Waals surface area contributed by atoms with Crippen LogP contribution in [0.25, 0.3) is 33.3 Å². The Morgan fingerprint density at radius 1 is 1.09 bits per heavy atom. The number of benzene rings is 2. The topological polar surface area (TPSA) is 98.1 Å². The predicted molar refractivity (Wildman–Crippen MR) is 133 cm³/mol. The van der Waals surface area contributed by atoms with Gasteiger partial charge >= 0.3 is 0 Å². The monoisotopic (exact) mass is 464 g/mol. The third-order valence-corrected chi connectivity index (χ3v) is 6.70. The first-order valence-corrected chi connectivity index (χ1v) is 11.7. The molecule has 4 N–H and O–H groups in total. The molecule has 2 aliphatic rings. The van der Waals surface area contributed by atoms with E-state index >= 15 is 0 Å². The van der Waals surface area contributed by atoms with Crippen LogP contribution in [0.5, 0.6) is 0 Å². The molecule has 2 saturated heterocycles. The number of hydrogen-bond donors (Lipinski definition) is 4. The highest BCUT2D eigenvalue weighted by atomic mass is 35.5. The molecule has 6 rings (SSSR count). The van der Waals surface area contributed by atoms with Gasteiger partial charge in [0.05, 0.1) is 35.5 Å². The van der Waals surface area contributed by atoms with Crippen molar-refractivity contribution in [1.82, 2.24) is 20.3 Å². The fraction of sp³-hybridized carbons (Fsp3) is 0.333. The molecule has 33 heavy (non-hydrogen) atoms. The van der Waals surface area contributed by atoms with Gasteiger partial charge in [-0.1, -0.05) is 11.6 Å². The number of halogens is 1. The first kappa shape index (κ1) is 20.5. The zero-order valence-electron chi connectivity index (χ0n) is 18.1. The van der Waals surface area contributed by atoms with Crippen molar-refractivity contribution in [1.29, 1.82) is 0 Å².